The highest BCUT2D eigenvalue weighted by Crippen LogP contribution is 1.99. The van der Waals surface area contributed by atoms with Crippen molar-refractivity contribution in [1.29, 1.82) is 0 Å². The molecule has 1 rings (SSSR count). The minimum atomic E-state index is -1.04. The van der Waals surface area contributed by atoms with E-state index in [0.717, 1.165) is 6.54 Å². The summed E-state index contributed by atoms with van der Waals surface area (Å²) in [5.41, 5.74) is 1.18. The molecule has 2 atom stereocenters. The molecule has 4 heteroatoms. The highest BCUT2D eigenvalue weighted by molar-refractivity contribution is 5.14. The number of rotatable bonds is 7. The molecule has 0 saturated carbocycles. The van der Waals surface area contributed by atoms with Crippen molar-refractivity contribution in [3.63, 3.8) is 0 Å². The molecule has 0 aliphatic carbocycles. The zero-order valence-corrected chi connectivity index (χ0v) is 9.21. The second-order valence-corrected chi connectivity index (χ2v) is 3.77. The first-order valence-corrected chi connectivity index (χ1v) is 5.45. The smallest absolute Gasteiger partial charge is 0.103 e. The Kier molecular flexibility index (Phi) is 6.03. The lowest BCUT2D eigenvalue weighted by atomic mass is 10.1. The van der Waals surface area contributed by atoms with Crippen molar-refractivity contribution in [2.24, 2.45) is 0 Å². The fraction of sp³-hybridized carbons (Fsp3) is 0.500. The van der Waals surface area contributed by atoms with Crippen LogP contribution in [-0.2, 0) is 6.54 Å². The summed E-state index contributed by atoms with van der Waals surface area (Å²) in [6, 6.07) is 9.95. The average Bonchev–Trinajstić information content (AvgIpc) is 2.34. The number of aliphatic hydroxyl groups excluding tert-OH is 3. The van der Waals surface area contributed by atoms with Crippen LogP contribution in [0.25, 0.3) is 0 Å². The molecule has 1 aromatic rings. The van der Waals surface area contributed by atoms with E-state index in [9.17, 15) is 5.11 Å². The molecule has 0 fully saturated rings. The van der Waals surface area contributed by atoms with E-state index < -0.39 is 18.8 Å². The summed E-state index contributed by atoms with van der Waals surface area (Å²) in [5.74, 6) is 0. The molecule has 0 aromatic heterocycles. The van der Waals surface area contributed by atoms with E-state index in [2.05, 4.69) is 5.32 Å². The predicted molar refractivity (Wildman–Crippen MR) is 61.9 cm³/mol. The molecule has 0 heterocycles. The summed E-state index contributed by atoms with van der Waals surface area (Å²) in [6.45, 7) is 0.940. The van der Waals surface area contributed by atoms with Crippen LogP contribution in [0.2, 0.25) is 0 Å². The van der Waals surface area contributed by atoms with Gasteiger partial charge in [-0.25, -0.2) is 0 Å². The number of nitrogens with one attached hydrogen (secondary N) is 1. The van der Waals surface area contributed by atoms with Crippen LogP contribution in [-0.4, -0.2) is 40.7 Å². The zero-order chi connectivity index (χ0) is 11.8. The summed E-state index contributed by atoms with van der Waals surface area (Å²) in [5, 5.41) is 30.2. The Bertz CT molecular complexity index is 279. The third kappa shape index (κ3) is 4.72. The molecule has 90 valence electrons. The van der Waals surface area contributed by atoms with Gasteiger partial charge in [0.15, 0.2) is 0 Å². The van der Waals surface area contributed by atoms with Crippen LogP contribution in [0.4, 0.5) is 0 Å². The summed E-state index contributed by atoms with van der Waals surface area (Å²) in [4.78, 5) is 0. The van der Waals surface area contributed by atoms with Gasteiger partial charge in [0.25, 0.3) is 0 Å². The van der Waals surface area contributed by atoms with Crippen molar-refractivity contribution < 1.29 is 15.3 Å². The van der Waals surface area contributed by atoms with Crippen molar-refractivity contribution in [2.45, 2.75) is 25.2 Å². The first-order chi connectivity index (χ1) is 7.74. The number of hydrogen-bond donors (Lipinski definition) is 4. The Balaban J connectivity index is 2.13. The highest BCUT2D eigenvalue weighted by atomic mass is 16.4. The summed E-state index contributed by atoms with van der Waals surface area (Å²) < 4.78 is 0. The molecular weight excluding hydrogens is 206 g/mol. The Morgan fingerprint density at radius 1 is 1.06 bits per heavy atom. The molecule has 1 aromatic carbocycles. The van der Waals surface area contributed by atoms with E-state index in [1.54, 1.807) is 0 Å². The van der Waals surface area contributed by atoms with Gasteiger partial charge in [-0.15, -0.1) is 0 Å². The Morgan fingerprint density at radius 3 is 2.38 bits per heavy atom. The van der Waals surface area contributed by atoms with Crippen LogP contribution in [0.5, 0.6) is 0 Å². The van der Waals surface area contributed by atoms with Crippen LogP contribution in [0, 0.1) is 0 Å². The maximum absolute atomic E-state index is 9.36. The van der Waals surface area contributed by atoms with Gasteiger partial charge in [0.05, 0.1) is 12.7 Å². The van der Waals surface area contributed by atoms with Crippen LogP contribution >= 0.6 is 0 Å². The van der Waals surface area contributed by atoms with Crippen LogP contribution in [0.15, 0.2) is 30.3 Å². The maximum atomic E-state index is 9.36. The lowest BCUT2D eigenvalue weighted by Crippen LogP contribution is -2.32. The fourth-order valence-corrected chi connectivity index (χ4v) is 1.39. The van der Waals surface area contributed by atoms with Crippen molar-refractivity contribution in [2.75, 3.05) is 13.2 Å². The second kappa shape index (κ2) is 7.35. The molecule has 16 heavy (non-hydrogen) atoms. The number of hydrogen-bond acceptors (Lipinski definition) is 4. The zero-order valence-electron chi connectivity index (χ0n) is 9.21. The topological polar surface area (TPSA) is 72.7 Å². The average molecular weight is 225 g/mol. The predicted octanol–water partition coefficient (Wildman–Crippen LogP) is -0.120. The minimum Gasteiger partial charge on any atom is -0.394 e. The monoisotopic (exact) mass is 225 g/mol. The summed E-state index contributed by atoms with van der Waals surface area (Å²) in [6.07, 6.45) is -1.49. The first-order valence-electron chi connectivity index (χ1n) is 5.45. The van der Waals surface area contributed by atoms with Gasteiger partial charge < -0.3 is 20.6 Å². The molecule has 0 aliphatic heterocycles. The second-order valence-electron chi connectivity index (χ2n) is 3.77. The van der Waals surface area contributed by atoms with Crippen LogP contribution in [0.1, 0.15) is 12.0 Å². The van der Waals surface area contributed by atoms with E-state index in [0.29, 0.717) is 13.0 Å². The summed E-state index contributed by atoms with van der Waals surface area (Å²) in [7, 11) is 0. The van der Waals surface area contributed by atoms with Crippen molar-refractivity contribution in [1.82, 2.24) is 5.32 Å². The largest absolute Gasteiger partial charge is 0.394 e. The van der Waals surface area contributed by atoms with Crippen molar-refractivity contribution in [3.05, 3.63) is 35.9 Å². The van der Waals surface area contributed by atoms with E-state index in [1.807, 2.05) is 30.3 Å². The van der Waals surface area contributed by atoms with E-state index in [4.69, 9.17) is 10.2 Å². The first kappa shape index (κ1) is 13.1. The van der Waals surface area contributed by atoms with Gasteiger partial charge in [-0.05, 0) is 18.5 Å². The standard InChI is InChI=1S/C12H19NO3/c14-9-12(16)11(15)6-7-13-8-10-4-2-1-3-5-10/h1-5,11-16H,6-9H2/t11-,12-/m0/s1. The molecule has 0 saturated heterocycles. The van der Waals surface area contributed by atoms with Crippen molar-refractivity contribution in [3.8, 4) is 0 Å². The third-order valence-corrected chi connectivity index (χ3v) is 2.42. The van der Waals surface area contributed by atoms with E-state index in [1.165, 1.54) is 5.56 Å². The maximum Gasteiger partial charge on any atom is 0.103 e. The lowest BCUT2D eigenvalue weighted by molar-refractivity contribution is -0.0172. The highest BCUT2D eigenvalue weighted by Gasteiger charge is 2.13. The molecule has 4 nitrogen and oxygen atoms in total. The normalized spacial score (nSPS) is 14.7. The van der Waals surface area contributed by atoms with Crippen molar-refractivity contribution >= 4 is 0 Å². The Morgan fingerprint density at radius 2 is 1.75 bits per heavy atom. The molecule has 0 bridgehead atoms. The van der Waals surface area contributed by atoms with Gasteiger partial charge >= 0.3 is 0 Å². The number of benzene rings is 1. The van der Waals surface area contributed by atoms with Gasteiger partial charge in [-0.1, -0.05) is 30.3 Å². The molecule has 0 spiro atoms. The SMILES string of the molecule is OC[C@H](O)[C@@H](O)CCNCc1ccccc1. The van der Waals surface area contributed by atoms with Gasteiger partial charge in [-0.2, -0.15) is 0 Å². The van der Waals surface area contributed by atoms with Crippen LogP contribution in [0.3, 0.4) is 0 Å². The van der Waals surface area contributed by atoms with Gasteiger partial charge in [0, 0.05) is 6.54 Å². The summed E-state index contributed by atoms with van der Waals surface area (Å²) >= 11 is 0. The third-order valence-electron chi connectivity index (χ3n) is 2.42. The molecule has 4 N–H and O–H groups in total. The Labute approximate surface area is 95.6 Å². The van der Waals surface area contributed by atoms with E-state index in [-0.39, 0.29) is 0 Å². The molecule has 0 amide bonds. The van der Waals surface area contributed by atoms with Gasteiger partial charge in [-0.3, -0.25) is 0 Å². The van der Waals surface area contributed by atoms with Crippen LogP contribution < -0.4 is 5.32 Å². The minimum absolute atomic E-state index is 0.403. The Hall–Kier alpha value is -0.940. The molecule has 0 unspecified atom stereocenters. The van der Waals surface area contributed by atoms with Gasteiger partial charge in [0.2, 0.25) is 0 Å². The molecule has 0 aliphatic rings. The number of aliphatic hydroxyl groups is 3. The lowest BCUT2D eigenvalue weighted by Gasteiger charge is -2.15. The van der Waals surface area contributed by atoms with E-state index >= 15 is 0 Å². The quantitative estimate of drug-likeness (QED) is 0.488. The van der Waals surface area contributed by atoms with Gasteiger partial charge in [0.1, 0.15) is 6.10 Å². The molecule has 0 radical (unpaired) electrons. The molecular formula is C12H19NO3. The fourth-order valence-electron chi connectivity index (χ4n) is 1.39.